The van der Waals surface area contributed by atoms with Gasteiger partial charge in [0.15, 0.2) is 0 Å². The smallest absolute Gasteiger partial charge is 0.253 e. The van der Waals surface area contributed by atoms with Crippen molar-refractivity contribution in [3.8, 4) is 5.75 Å². The Balaban J connectivity index is 3.09. The van der Waals surface area contributed by atoms with Gasteiger partial charge in [0.2, 0.25) is 0 Å². The molecule has 5 heteroatoms. The highest BCUT2D eigenvalue weighted by Gasteiger charge is 2.13. The molecule has 0 saturated carbocycles. The Bertz CT molecular complexity index is 498. The van der Waals surface area contributed by atoms with Crippen LogP contribution in [0.2, 0.25) is 0 Å². The lowest BCUT2D eigenvalue weighted by molar-refractivity contribution is 0.0802. The van der Waals surface area contributed by atoms with E-state index in [9.17, 15) is 4.79 Å². The molecule has 0 saturated heterocycles. The second kappa shape index (κ2) is 7.53. The van der Waals surface area contributed by atoms with Crippen molar-refractivity contribution in [3.63, 3.8) is 0 Å². The van der Waals surface area contributed by atoms with Gasteiger partial charge in [-0.1, -0.05) is 0 Å². The molecule has 1 aromatic rings. The lowest BCUT2D eigenvalue weighted by Gasteiger charge is -2.17. The number of ether oxygens (including phenoxy) is 1. The molecule has 1 rings (SSSR count). The monoisotopic (exact) mass is 277 g/mol. The Morgan fingerprint density at radius 3 is 2.65 bits per heavy atom. The number of carbonyl (C=O) groups is 1. The van der Waals surface area contributed by atoms with Gasteiger partial charge in [-0.15, -0.1) is 0 Å². The van der Waals surface area contributed by atoms with Gasteiger partial charge in [0.05, 0.1) is 18.1 Å². The van der Waals surface area contributed by atoms with Crippen molar-refractivity contribution >= 4 is 17.4 Å². The molecule has 0 unspecified atom stereocenters. The van der Waals surface area contributed by atoms with E-state index in [2.05, 4.69) is 10.3 Å². The van der Waals surface area contributed by atoms with Crippen LogP contribution in [0.1, 0.15) is 31.1 Å². The highest BCUT2D eigenvalue weighted by atomic mass is 16.5. The third-order valence-corrected chi connectivity index (χ3v) is 3.00. The van der Waals surface area contributed by atoms with Crippen LogP contribution in [-0.2, 0) is 0 Å². The Labute approximate surface area is 120 Å². The zero-order valence-corrected chi connectivity index (χ0v) is 12.9. The number of aliphatic imine (C=N–C) groups is 1. The molecule has 0 heterocycles. The summed E-state index contributed by atoms with van der Waals surface area (Å²) in [6, 6.07) is 5.40. The van der Waals surface area contributed by atoms with Gasteiger partial charge in [-0.3, -0.25) is 9.79 Å². The zero-order valence-electron chi connectivity index (χ0n) is 12.9. The Morgan fingerprint density at radius 1 is 1.40 bits per heavy atom. The maximum Gasteiger partial charge on any atom is 0.253 e. The van der Waals surface area contributed by atoms with Crippen molar-refractivity contribution in [2.75, 3.05) is 32.6 Å². The quantitative estimate of drug-likeness (QED) is 0.665. The number of benzene rings is 1. The first-order valence-corrected chi connectivity index (χ1v) is 6.76. The zero-order chi connectivity index (χ0) is 15.1. The predicted molar refractivity (Wildman–Crippen MR) is 82.9 cm³/mol. The summed E-state index contributed by atoms with van der Waals surface area (Å²) < 4.78 is 5.60. The molecule has 0 spiro atoms. The van der Waals surface area contributed by atoms with Crippen LogP contribution in [0.15, 0.2) is 23.2 Å². The molecule has 0 aromatic heterocycles. The molecule has 0 bridgehead atoms. The van der Waals surface area contributed by atoms with Gasteiger partial charge in [-0.25, -0.2) is 0 Å². The minimum absolute atomic E-state index is 0.0131. The first-order valence-electron chi connectivity index (χ1n) is 6.76. The van der Waals surface area contributed by atoms with Crippen molar-refractivity contribution in [2.24, 2.45) is 4.99 Å². The second-order valence-electron chi connectivity index (χ2n) is 4.40. The van der Waals surface area contributed by atoms with E-state index in [1.54, 1.807) is 31.1 Å². The molecule has 20 heavy (non-hydrogen) atoms. The molecule has 0 radical (unpaired) electrons. The fourth-order valence-corrected chi connectivity index (χ4v) is 1.65. The summed E-state index contributed by atoms with van der Waals surface area (Å²) in [5.41, 5.74) is 1.43. The molecule has 0 atom stereocenters. The predicted octanol–water partition coefficient (Wildman–Crippen LogP) is 2.64. The number of hydrogen-bond donors (Lipinski definition) is 1. The van der Waals surface area contributed by atoms with Gasteiger partial charge < -0.3 is 15.0 Å². The highest BCUT2D eigenvalue weighted by molar-refractivity contribution is 5.98. The maximum atomic E-state index is 12.1. The Hall–Kier alpha value is -2.04. The van der Waals surface area contributed by atoms with Gasteiger partial charge in [-0.05, 0) is 39.0 Å². The van der Waals surface area contributed by atoms with Crippen LogP contribution in [0, 0.1) is 0 Å². The van der Waals surface area contributed by atoms with Crippen LogP contribution in [0.3, 0.4) is 0 Å². The minimum atomic E-state index is -0.0131. The molecule has 1 amide bonds. The number of rotatable bonds is 5. The van der Waals surface area contributed by atoms with Crippen molar-refractivity contribution in [2.45, 2.75) is 20.8 Å². The van der Waals surface area contributed by atoms with Crippen LogP contribution in [0.25, 0.3) is 0 Å². The van der Waals surface area contributed by atoms with E-state index >= 15 is 0 Å². The lowest BCUT2D eigenvalue weighted by atomic mass is 10.1. The summed E-state index contributed by atoms with van der Waals surface area (Å²) in [6.45, 7) is 6.94. The fraction of sp³-hybridized carbons (Fsp3) is 0.467. The number of anilines is 1. The third kappa shape index (κ3) is 3.98. The number of carbonyl (C=O) groups excluding carboxylic acids is 1. The first-order chi connectivity index (χ1) is 9.53. The average Bonchev–Trinajstić information content (AvgIpc) is 2.47. The van der Waals surface area contributed by atoms with Crippen molar-refractivity contribution in [1.82, 2.24) is 4.90 Å². The molecule has 1 aromatic carbocycles. The van der Waals surface area contributed by atoms with E-state index in [1.807, 2.05) is 26.8 Å². The molecule has 0 aliphatic carbocycles. The van der Waals surface area contributed by atoms with Crippen LogP contribution >= 0.6 is 0 Å². The molecule has 5 nitrogen and oxygen atoms in total. The average molecular weight is 277 g/mol. The Morgan fingerprint density at radius 2 is 2.10 bits per heavy atom. The summed E-state index contributed by atoms with van der Waals surface area (Å²) in [5.74, 6) is 1.43. The van der Waals surface area contributed by atoms with E-state index in [-0.39, 0.29) is 5.91 Å². The van der Waals surface area contributed by atoms with Gasteiger partial charge >= 0.3 is 0 Å². The van der Waals surface area contributed by atoms with Gasteiger partial charge in [0, 0.05) is 26.2 Å². The molecule has 0 fully saturated rings. The molecule has 0 aliphatic rings. The number of amides is 1. The van der Waals surface area contributed by atoms with Crippen LogP contribution in [0.5, 0.6) is 5.75 Å². The number of nitrogens with one attached hydrogen (secondary N) is 1. The SMILES string of the molecule is CCOc1cc(C(=O)N(C)CC)ccc1NC(C)=NC. The standard InChI is InChI=1S/C15H23N3O2/c1-6-18(5)15(19)12-8-9-13(17-11(3)16-4)14(10-12)20-7-2/h8-10H,6-7H2,1-5H3,(H,16,17). The van der Waals surface area contributed by atoms with Crippen molar-refractivity contribution < 1.29 is 9.53 Å². The summed E-state index contributed by atoms with van der Waals surface area (Å²) in [5, 5.41) is 3.15. The topological polar surface area (TPSA) is 53.9 Å². The summed E-state index contributed by atoms with van der Waals surface area (Å²) in [7, 11) is 3.50. The normalized spacial score (nSPS) is 11.2. The maximum absolute atomic E-state index is 12.1. The van der Waals surface area contributed by atoms with Gasteiger partial charge in [0.25, 0.3) is 5.91 Å². The first kappa shape index (κ1) is 16.0. The van der Waals surface area contributed by atoms with E-state index < -0.39 is 0 Å². The molecular formula is C15H23N3O2. The molecule has 0 aliphatic heterocycles. The largest absolute Gasteiger partial charge is 0.492 e. The number of hydrogen-bond acceptors (Lipinski definition) is 3. The van der Waals surface area contributed by atoms with E-state index in [0.717, 1.165) is 11.5 Å². The fourth-order valence-electron chi connectivity index (χ4n) is 1.65. The van der Waals surface area contributed by atoms with Crippen LogP contribution in [-0.4, -0.2) is 43.9 Å². The summed E-state index contributed by atoms with van der Waals surface area (Å²) in [4.78, 5) is 17.9. The lowest BCUT2D eigenvalue weighted by Crippen LogP contribution is -2.26. The second-order valence-corrected chi connectivity index (χ2v) is 4.40. The third-order valence-electron chi connectivity index (χ3n) is 3.00. The van der Waals surface area contributed by atoms with E-state index in [0.29, 0.717) is 24.5 Å². The highest BCUT2D eigenvalue weighted by Crippen LogP contribution is 2.26. The molecule has 1 N–H and O–H groups in total. The van der Waals surface area contributed by atoms with Gasteiger partial charge in [0.1, 0.15) is 5.75 Å². The van der Waals surface area contributed by atoms with Crippen molar-refractivity contribution in [1.29, 1.82) is 0 Å². The van der Waals surface area contributed by atoms with E-state index in [1.165, 1.54) is 0 Å². The summed E-state index contributed by atoms with van der Waals surface area (Å²) in [6.07, 6.45) is 0. The van der Waals surface area contributed by atoms with Crippen LogP contribution < -0.4 is 10.1 Å². The number of amidine groups is 1. The van der Waals surface area contributed by atoms with Gasteiger partial charge in [-0.2, -0.15) is 0 Å². The summed E-state index contributed by atoms with van der Waals surface area (Å²) >= 11 is 0. The Kier molecular flexibility index (Phi) is 6.03. The molecule has 110 valence electrons. The number of nitrogens with zero attached hydrogens (tertiary/aromatic N) is 2. The van der Waals surface area contributed by atoms with Crippen molar-refractivity contribution in [3.05, 3.63) is 23.8 Å². The van der Waals surface area contributed by atoms with E-state index in [4.69, 9.17) is 4.74 Å². The van der Waals surface area contributed by atoms with Crippen LogP contribution in [0.4, 0.5) is 5.69 Å². The minimum Gasteiger partial charge on any atom is -0.492 e. The molecular weight excluding hydrogens is 254 g/mol.